The summed E-state index contributed by atoms with van der Waals surface area (Å²) in [7, 11) is 0. The Hall–Kier alpha value is -3.45. The van der Waals surface area contributed by atoms with Crippen LogP contribution in [0, 0.1) is 0 Å². The van der Waals surface area contributed by atoms with Crippen molar-refractivity contribution in [3.05, 3.63) is 77.0 Å². The Morgan fingerprint density at radius 1 is 0.939 bits per heavy atom. The minimum atomic E-state index is -0.335. The molecule has 2 aliphatic heterocycles. The van der Waals surface area contributed by atoms with Gasteiger partial charge in [0.15, 0.2) is 0 Å². The molecule has 2 aromatic heterocycles. The van der Waals surface area contributed by atoms with E-state index in [2.05, 4.69) is 25.1 Å². The van der Waals surface area contributed by atoms with Gasteiger partial charge in [-0.3, -0.25) is 14.6 Å². The van der Waals surface area contributed by atoms with E-state index in [0.29, 0.717) is 5.56 Å². The number of nitrogens with zero attached hydrogens (tertiary/aromatic N) is 3. The lowest BCUT2D eigenvalue weighted by atomic mass is 10.0. The van der Waals surface area contributed by atoms with Crippen molar-refractivity contribution in [2.75, 3.05) is 36.4 Å². The van der Waals surface area contributed by atoms with Crippen LogP contribution in [0.1, 0.15) is 36.0 Å². The molecule has 7 heteroatoms. The van der Waals surface area contributed by atoms with Crippen LogP contribution in [0.15, 0.2) is 65.8 Å². The van der Waals surface area contributed by atoms with Crippen LogP contribution in [0.3, 0.4) is 0 Å². The van der Waals surface area contributed by atoms with Crippen LogP contribution in [0.5, 0.6) is 0 Å². The molecule has 1 aromatic carbocycles. The summed E-state index contributed by atoms with van der Waals surface area (Å²) in [6.07, 6.45) is 10.1. The lowest BCUT2D eigenvalue weighted by molar-refractivity contribution is 0.102. The number of carbonyl (C=O) groups excluding carboxylic acids is 1. The van der Waals surface area contributed by atoms with Crippen LogP contribution in [-0.2, 0) is 0 Å². The summed E-state index contributed by atoms with van der Waals surface area (Å²) >= 11 is 0. The van der Waals surface area contributed by atoms with Crippen molar-refractivity contribution in [3.63, 3.8) is 0 Å². The molecule has 0 aliphatic carbocycles. The van der Waals surface area contributed by atoms with Gasteiger partial charge in [0, 0.05) is 54.5 Å². The molecule has 2 saturated heterocycles. The molecule has 2 fully saturated rings. The summed E-state index contributed by atoms with van der Waals surface area (Å²) in [6.45, 7) is 4.60. The Kier molecular flexibility index (Phi) is 6.21. The van der Waals surface area contributed by atoms with E-state index in [1.54, 1.807) is 24.7 Å². The second-order valence-electron chi connectivity index (χ2n) is 8.83. The number of hydrogen-bond acceptors (Lipinski definition) is 5. The summed E-state index contributed by atoms with van der Waals surface area (Å²) in [5.41, 5.74) is 3.28. The summed E-state index contributed by atoms with van der Waals surface area (Å²) in [6, 6.07) is 13.8. The van der Waals surface area contributed by atoms with Crippen molar-refractivity contribution in [2.24, 2.45) is 0 Å². The molecule has 0 spiro atoms. The van der Waals surface area contributed by atoms with Crippen molar-refractivity contribution < 1.29 is 4.79 Å². The van der Waals surface area contributed by atoms with Crippen LogP contribution < -0.4 is 15.8 Å². The molecule has 5 rings (SSSR count). The molecular weight excluding hydrogens is 414 g/mol. The van der Waals surface area contributed by atoms with Crippen molar-refractivity contribution in [2.45, 2.75) is 31.7 Å². The summed E-state index contributed by atoms with van der Waals surface area (Å²) in [5, 5.41) is 2.76. The van der Waals surface area contributed by atoms with Crippen molar-refractivity contribution >= 4 is 17.3 Å². The highest BCUT2D eigenvalue weighted by molar-refractivity contribution is 6.04. The van der Waals surface area contributed by atoms with Crippen LogP contribution in [0.2, 0.25) is 0 Å². The maximum absolute atomic E-state index is 12.8. The first-order valence-electron chi connectivity index (χ1n) is 11.7. The fourth-order valence-electron chi connectivity index (χ4n) is 4.90. The Labute approximate surface area is 193 Å². The Balaban J connectivity index is 1.23. The molecule has 0 unspecified atom stereocenters. The number of amides is 1. The van der Waals surface area contributed by atoms with Crippen molar-refractivity contribution in [1.82, 2.24) is 14.9 Å². The maximum atomic E-state index is 12.8. The third-order valence-electron chi connectivity index (χ3n) is 6.78. The zero-order chi connectivity index (χ0) is 22.6. The minimum absolute atomic E-state index is 0.224. The molecule has 170 valence electrons. The van der Waals surface area contributed by atoms with Gasteiger partial charge in [-0.05, 0) is 86.8 Å². The highest BCUT2D eigenvalue weighted by atomic mass is 16.2. The molecule has 0 saturated carbocycles. The predicted octanol–water partition coefficient (Wildman–Crippen LogP) is 3.75. The molecule has 2 aliphatic rings. The Morgan fingerprint density at radius 2 is 1.64 bits per heavy atom. The van der Waals surface area contributed by atoms with Gasteiger partial charge in [0.05, 0.1) is 0 Å². The predicted molar refractivity (Wildman–Crippen MR) is 131 cm³/mol. The molecule has 2 N–H and O–H groups in total. The second kappa shape index (κ2) is 9.58. The van der Waals surface area contributed by atoms with Gasteiger partial charge >= 0.3 is 0 Å². The van der Waals surface area contributed by atoms with Crippen LogP contribution >= 0.6 is 0 Å². The number of nitrogens with one attached hydrogen (secondary N) is 2. The van der Waals surface area contributed by atoms with Crippen LogP contribution in [-0.4, -0.2) is 53.0 Å². The first-order valence-corrected chi connectivity index (χ1v) is 11.7. The van der Waals surface area contributed by atoms with Crippen molar-refractivity contribution in [1.29, 1.82) is 0 Å². The number of carbonyl (C=O) groups is 1. The second-order valence-corrected chi connectivity index (χ2v) is 8.83. The molecule has 0 radical (unpaired) electrons. The first kappa shape index (κ1) is 21.4. The number of H-pyrrole nitrogens is 1. The van der Waals surface area contributed by atoms with E-state index in [1.807, 2.05) is 36.4 Å². The average Bonchev–Trinajstić information content (AvgIpc) is 3.41. The zero-order valence-corrected chi connectivity index (χ0v) is 18.7. The van der Waals surface area contributed by atoms with Gasteiger partial charge < -0.3 is 20.1 Å². The third kappa shape index (κ3) is 4.83. The quantitative estimate of drug-likeness (QED) is 0.628. The number of aromatic nitrogens is 2. The fourth-order valence-corrected chi connectivity index (χ4v) is 4.90. The van der Waals surface area contributed by atoms with Gasteiger partial charge in [0.25, 0.3) is 11.5 Å². The molecule has 1 amide bonds. The molecule has 33 heavy (non-hydrogen) atoms. The smallest absolute Gasteiger partial charge is 0.271 e. The highest BCUT2D eigenvalue weighted by Gasteiger charge is 2.26. The van der Waals surface area contributed by atoms with E-state index in [0.717, 1.165) is 35.9 Å². The number of rotatable bonds is 5. The number of aromatic amines is 1. The zero-order valence-electron chi connectivity index (χ0n) is 18.7. The average molecular weight is 444 g/mol. The molecule has 0 bridgehead atoms. The van der Waals surface area contributed by atoms with Crippen LogP contribution in [0.4, 0.5) is 11.4 Å². The topological polar surface area (TPSA) is 81.3 Å². The largest absolute Gasteiger partial charge is 0.371 e. The number of piperidine rings is 1. The van der Waals surface area contributed by atoms with E-state index in [1.165, 1.54) is 38.8 Å². The van der Waals surface area contributed by atoms with Gasteiger partial charge in [0.2, 0.25) is 0 Å². The van der Waals surface area contributed by atoms with Gasteiger partial charge in [-0.2, -0.15) is 0 Å². The SMILES string of the molecule is O=C(Nc1cc(-c2ccncc2)c[nH]c1=O)c1ccc(N2CCC(N3CCCC3)CC2)cc1. The number of pyridine rings is 2. The standard InChI is InChI=1S/C26H29N5O2/c32-25(29-24-17-21(18-28-26(24)33)19-7-11-27-12-8-19)20-3-5-22(6-4-20)31-15-9-23(10-16-31)30-13-1-2-14-30/h3-8,11-12,17-18,23H,1-2,9-10,13-16H2,(H,28,33)(H,29,32). The molecule has 0 atom stereocenters. The van der Waals surface area contributed by atoms with E-state index in [4.69, 9.17) is 0 Å². The van der Waals surface area contributed by atoms with Crippen LogP contribution in [0.25, 0.3) is 11.1 Å². The molecule has 4 heterocycles. The van der Waals surface area contributed by atoms with Crippen molar-refractivity contribution in [3.8, 4) is 11.1 Å². The van der Waals surface area contributed by atoms with Gasteiger partial charge in [-0.25, -0.2) is 0 Å². The Morgan fingerprint density at radius 3 is 2.33 bits per heavy atom. The molecular formula is C26H29N5O2. The van der Waals surface area contributed by atoms with Gasteiger partial charge in [0.1, 0.15) is 5.69 Å². The monoisotopic (exact) mass is 443 g/mol. The number of likely N-dealkylation sites (tertiary alicyclic amines) is 1. The maximum Gasteiger partial charge on any atom is 0.271 e. The Bertz CT molecular complexity index is 1150. The van der Waals surface area contributed by atoms with E-state index >= 15 is 0 Å². The number of hydrogen-bond donors (Lipinski definition) is 2. The van der Waals surface area contributed by atoms with Gasteiger partial charge in [-0.1, -0.05) is 0 Å². The summed E-state index contributed by atoms with van der Waals surface area (Å²) < 4.78 is 0. The number of benzene rings is 1. The number of anilines is 2. The molecule has 7 nitrogen and oxygen atoms in total. The van der Waals surface area contributed by atoms with Gasteiger partial charge in [-0.15, -0.1) is 0 Å². The minimum Gasteiger partial charge on any atom is -0.371 e. The fraction of sp³-hybridized carbons (Fsp3) is 0.346. The van der Waals surface area contributed by atoms with E-state index < -0.39 is 0 Å². The summed E-state index contributed by atoms with van der Waals surface area (Å²) in [4.78, 5) is 36.8. The normalized spacial score (nSPS) is 17.3. The molecule has 3 aromatic rings. The lowest BCUT2D eigenvalue weighted by Gasteiger charge is -2.37. The first-order chi connectivity index (χ1) is 16.2. The van der Waals surface area contributed by atoms with E-state index in [9.17, 15) is 9.59 Å². The summed E-state index contributed by atoms with van der Waals surface area (Å²) in [5.74, 6) is -0.299. The lowest BCUT2D eigenvalue weighted by Crippen LogP contribution is -2.43. The third-order valence-corrected chi connectivity index (χ3v) is 6.78. The highest BCUT2D eigenvalue weighted by Crippen LogP contribution is 2.25. The van der Waals surface area contributed by atoms with E-state index in [-0.39, 0.29) is 17.2 Å².